The van der Waals surface area contributed by atoms with Gasteiger partial charge < -0.3 is 10.2 Å². The molecule has 1 aromatic carbocycles. The molecule has 1 N–H and O–H groups in total. The molecule has 2 rings (SSSR count). The van der Waals surface area contributed by atoms with Gasteiger partial charge in [-0.3, -0.25) is 0 Å². The summed E-state index contributed by atoms with van der Waals surface area (Å²) in [6, 6.07) is 5.99. The molecule has 1 aromatic rings. The van der Waals surface area contributed by atoms with E-state index in [1.807, 2.05) is 31.0 Å². The number of rotatable bonds is 2. The molecule has 1 fully saturated rings. The Kier molecular flexibility index (Phi) is 4.34. The molecule has 1 aliphatic heterocycles. The smallest absolute Gasteiger partial charge is 0.173 e. The molecule has 1 atom stereocenters. The fourth-order valence-electron chi connectivity index (χ4n) is 2.34. The molecule has 0 saturated carbocycles. The maximum atomic E-state index is 11.5. The maximum Gasteiger partial charge on any atom is 0.173 e. The van der Waals surface area contributed by atoms with Gasteiger partial charge >= 0.3 is 0 Å². The molecule has 1 heterocycles. The first-order valence-electron chi connectivity index (χ1n) is 6.60. The normalized spacial score (nSPS) is 20.6. The topological polar surface area (TPSA) is 49.4 Å². The average Bonchev–Trinajstić information content (AvgIpc) is 2.74. The highest BCUT2D eigenvalue weighted by Gasteiger charge is 2.31. The highest BCUT2D eigenvalue weighted by molar-refractivity contribution is 7.91. The Morgan fingerprint density at radius 2 is 2.10 bits per heavy atom. The Morgan fingerprint density at radius 3 is 2.70 bits per heavy atom. The highest BCUT2D eigenvalue weighted by Crippen LogP contribution is 2.21. The number of nitrogens with zero attached hydrogens (tertiary/aromatic N) is 1. The Labute approximate surface area is 126 Å². The molecule has 0 radical (unpaired) electrons. The van der Waals surface area contributed by atoms with Crippen LogP contribution in [0.4, 0.5) is 5.69 Å². The Balaban J connectivity index is 2.07. The van der Waals surface area contributed by atoms with E-state index in [1.165, 1.54) is 5.56 Å². The lowest BCUT2D eigenvalue weighted by atomic mass is 10.1. The van der Waals surface area contributed by atoms with Crippen molar-refractivity contribution in [2.45, 2.75) is 26.3 Å². The molecule has 0 amide bonds. The summed E-state index contributed by atoms with van der Waals surface area (Å²) in [5, 5.41) is 3.79. The molecule has 0 bridgehead atoms. The number of thiocarbonyl (C=S) groups is 1. The van der Waals surface area contributed by atoms with Crippen LogP contribution in [0.1, 0.15) is 17.5 Å². The van der Waals surface area contributed by atoms with Crippen LogP contribution in [-0.4, -0.2) is 43.0 Å². The molecule has 1 unspecified atom stereocenters. The minimum atomic E-state index is -2.89. The van der Waals surface area contributed by atoms with E-state index in [1.54, 1.807) is 0 Å². The summed E-state index contributed by atoms with van der Waals surface area (Å²) >= 11 is 5.39. The lowest BCUT2D eigenvalue weighted by Gasteiger charge is -2.27. The van der Waals surface area contributed by atoms with Gasteiger partial charge in [-0.05, 0) is 49.7 Å². The van der Waals surface area contributed by atoms with Crippen molar-refractivity contribution in [1.29, 1.82) is 0 Å². The molecule has 0 aliphatic carbocycles. The summed E-state index contributed by atoms with van der Waals surface area (Å²) in [6.07, 6.45) is 0.646. The Hall–Kier alpha value is -1.14. The summed E-state index contributed by atoms with van der Waals surface area (Å²) in [5.74, 6) is 0.451. The number of hydrogen-bond donors (Lipinski definition) is 1. The molecule has 0 aromatic heterocycles. The molecule has 20 heavy (non-hydrogen) atoms. The van der Waals surface area contributed by atoms with Gasteiger partial charge in [0.15, 0.2) is 14.9 Å². The van der Waals surface area contributed by atoms with Crippen molar-refractivity contribution < 1.29 is 8.42 Å². The predicted molar refractivity (Wildman–Crippen MR) is 87.0 cm³/mol. The lowest BCUT2D eigenvalue weighted by molar-refractivity contribution is 0.402. The number of sulfone groups is 1. The van der Waals surface area contributed by atoms with E-state index in [2.05, 4.69) is 18.3 Å². The van der Waals surface area contributed by atoms with Crippen molar-refractivity contribution >= 4 is 32.9 Å². The van der Waals surface area contributed by atoms with Crippen LogP contribution in [0, 0.1) is 13.8 Å². The zero-order chi connectivity index (χ0) is 14.9. The summed E-state index contributed by atoms with van der Waals surface area (Å²) in [4.78, 5) is 1.86. The van der Waals surface area contributed by atoms with Crippen LogP contribution in [0.15, 0.2) is 18.2 Å². The van der Waals surface area contributed by atoms with E-state index in [9.17, 15) is 8.42 Å². The van der Waals surface area contributed by atoms with E-state index in [-0.39, 0.29) is 17.5 Å². The first-order chi connectivity index (χ1) is 9.30. The molecular weight excluding hydrogens is 292 g/mol. The number of nitrogens with one attached hydrogen (secondary N) is 1. The summed E-state index contributed by atoms with van der Waals surface area (Å²) in [7, 11) is -1.04. The quantitative estimate of drug-likeness (QED) is 0.848. The van der Waals surface area contributed by atoms with E-state index in [0.29, 0.717) is 11.5 Å². The van der Waals surface area contributed by atoms with Crippen LogP contribution in [0.25, 0.3) is 0 Å². The minimum absolute atomic E-state index is 0.0230. The van der Waals surface area contributed by atoms with Crippen LogP contribution >= 0.6 is 12.2 Å². The van der Waals surface area contributed by atoms with Gasteiger partial charge in [0.2, 0.25) is 0 Å². The second kappa shape index (κ2) is 5.69. The van der Waals surface area contributed by atoms with Crippen molar-refractivity contribution in [2.75, 3.05) is 23.9 Å². The van der Waals surface area contributed by atoms with Crippen molar-refractivity contribution in [1.82, 2.24) is 4.90 Å². The summed E-state index contributed by atoms with van der Waals surface area (Å²) < 4.78 is 23.1. The summed E-state index contributed by atoms with van der Waals surface area (Å²) in [5.41, 5.74) is 3.33. The minimum Gasteiger partial charge on any atom is -0.348 e. The van der Waals surface area contributed by atoms with Crippen LogP contribution in [0.2, 0.25) is 0 Å². The fourth-order valence-corrected chi connectivity index (χ4v) is 4.37. The predicted octanol–water partition coefficient (Wildman–Crippen LogP) is 2.12. The van der Waals surface area contributed by atoms with Crippen LogP contribution in [-0.2, 0) is 9.84 Å². The van der Waals surface area contributed by atoms with Gasteiger partial charge in [-0.2, -0.15) is 0 Å². The standard InChI is InChI=1S/C14H20N2O2S2/c1-10-5-4-6-13(11(10)2)15-14(19)16(3)12-7-8-20(17,18)9-12/h4-6,12H,7-9H2,1-3H3,(H,15,19). The number of benzene rings is 1. The van der Waals surface area contributed by atoms with Gasteiger partial charge in [0, 0.05) is 18.8 Å². The monoisotopic (exact) mass is 312 g/mol. The first-order valence-corrected chi connectivity index (χ1v) is 8.83. The zero-order valence-electron chi connectivity index (χ0n) is 12.0. The third kappa shape index (κ3) is 3.30. The third-order valence-corrected chi connectivity index (χ3v) is 6.06. The largest absolute Gasteiger partial charge is 0.348 e. The zero-order valence-corrected chi connectivity index (χ0v) is 13.6. The maximum absolute atomic E-state index is 11.5. The number of aryl methyl sites for hydroxylation is 1. The average molecular weight is 312 g/mol. The second-order valence-corrected chi connectivity index (χ2v) is 7.96. The van der Waals surface area contributed by atoms with Gasteiger partial charge in [-0.25, -0.2) is 8.42 Å². The lowest BCUT2D eigenvalue weighted by Crippen LogP contribution is -2.40. The molecule has 1 aliphatic rings. The molecule has 110 valence electrons. The molecule has 4 nitrogen and oxygen atoms in total. The van der Waals surface area contributed by atoms with Crippen molar-refractivity contribution in [3.63, 3.8) is 0 Å². The van der Waals surface area contributed by atoms with Gasteiger partial charge in [-0.1, -0.05) is 12.1 Å². The van der Waals surface area contributed by atoms with Crippen molar-refractivity contribution in [3.05, 3.63) is 29.3 Å². The van der Waals surface area contributed by atoms with Gasteiger partial charge in [0.1, 0.15) is 0 Å². The molecule has 6 heteroatoms. The van der Waals surface area contributed by atoms with Gasteiger partial charge in [-0.15, -0.1) is 0 Å². The second-order valence-electron chi connectivity index (χ2n) is 5.35. The van der Waals surface area contributed by atoms with Gasteiger partial charge in [0.05, 0.1) is 11.5 Å². The van der Waals surface area contributed by atoms with Crippen LogP contribution in [0.5, 0.6) is 0 Å². The molecular formula is C14H20N2O2S2. The van der Waals surface area contributed by atoms with E-state index < -0.39 is 9.84 Å². The SMILES string of the molecule is Cc1cccc(NC(=S)N(C)C2CCS(=O)(=O)C2)c1C. The number of anilines is 1. The first kappa shape index (κ1) is 15.3. The van der Waals surface area contributed by atoms with Gasteiger partial charge in [0.25, 0.3) is 0 Å². The van der Waals surface area contributed by atoms with Crippen LogP contribution in [0.3, 0.4) is 0 Å². The molecule has 1 saturated heterocycles. The van der Waals surface area contributed by atoms with E-state index >= 15 is 0 Å². The number of hydrogen-bond acceptors (Lipinski definition) is 3. The van der Waals surface area contributed by atoms with E-state index in [4.69, 9.17) is 12.2 Å². The van der Waals surface area contributed by atoms with Crippen molar-refractivity contribution in [2.24, 2.45) is 0 Å². The highest BCUT2D eigenvalue weighted by atomic mass is 32.2. The Morgan fingerprint density at radius 1 is 1.40 bits per heavy atom. The Bertz CT molecular complexity index is 626. The molecule has 0 spiro atoms. The summed E-state index contributed by atoms with van der Waals surface area (Å²) in [6.45, 7) is 4.09. The van der Waals surface area contributed by atoms with Crippen molar-refractivity contribution in [3.8, 4) is 0 Å². The third-order valence-electron chi connectivity index (χ3n) is 3.92. The van der Waals surface area contributed by atoms with Crippen LogP contribution < -0.4 is 5.32 Å². The fraction of sp³-hybridized carbons (Fsp3) is 0.500. The van der Waals surface area contributed by atoms with E-state index in [0.717, 1.165) is 11.3 Å².